The van der Waals surface area contributed by atoms with E-state index in [4.69, 9.17) is 0 Å². The summed E-state index contributed by atoms with van der Waals surface area (Å²) in [5.41, 5.74) is 0.722. The lowest BCUT2D eigenvalue weighted by atomic mass is 9.49. The summed E-state index contributed by atoms with van der Waals surface area (Å²) in [6.07, 6.45) is 12.3. The maximum Gasteiger partial charge on any atom is -0.0292 e. The van der Waals surface area contributed by atoms with Gasteiger partial charge in [0, 0.05) is 0 Å². The maximum absolute atomic E-state index is 2.63. The molecule has 0 aromatic rings. The van der Waals surface area contributed by atoms with E-state index in [1.165, 1.54) is 25.7 Å². The predicted molar refractivity (Wildman–Crippen MR) is 73.8 cm³/mol. The van der Waals surface area contributed by atoms with Crippen LogP contribution in [0, 0.1) is 35.0 Å². The third kappa shape index (κ3) is 2.06. The summed E-state index contributed by atoms with van der Waals surface area (Å²) in [6, 6.07) is 0. The van der Waals surface area contributed by atoms with E-state index in [9.17, 15) is 0 Å². The van der Waals surface area contributed by atoms with Crippen molar-refractivity contribution in [2.24, 2.45) is 35.0 Å². The van der Waals surface area contributed by atoms with E-state index in [1.807, 2.05) is 0 Å². The van der Waals surface area contributed by atoms with E-state index in [0.29, 0.717) is 0 Å². The Morgan fingerprint density at radius 2 is 1.65 bits per heavy atom. The van der Waals surface area contributed by atoms with Crippen LogP contribution in [0.3, 0.4) is 0 Å². The molecule has 0 aliphatic heterocycles. The highest BCUT2D eigenvalue weighted by atomic mass is 14.5. The summed E-state index contributed by atoms with van der Waals surface area (Å²) in [5.74, 6) is 5.31. The Kier molecular flexibility index (Phi) is 3.04. The standard InChI is InChI=1S/C17H30/c1-12-4-6-15-14(10-12)8-9-17(3)11-13(2)5-7-16(15)17/h12-16H,4-11H2,1-3H3. The largest absolute Gasteiger partial charge is 0.0625 e. The topological polar surface area (TPSA) is 0 Å². The molecule has 0 nitrogen and oxygen atoms in total. The quantitative estimate of drug-likeness (QED) is 0.535. The fraction of sp³-hybridized carbons (Fsp3) is 1.00. The van der Waals surface area contributed by atoms with Crippen molar-refractivity contribution in [1.29, 1.82) is 0 Å². The minimum absolute atomic E-state index is 0.722. The van der Waals surface area contributed by atoms with E-state index in [2.05, 4.69) is 20.8 Å². The summed E-state index contributed by atoms with van der Waals surface area (Å²) < 4.78 is 0. The van der Waals surface area contributed by atoms with Crippen molar-refractivity contribution in [3.05, 3.63) is 0 Å². The van der Waals surface area contributed by atoms with Gasteiger partial charge in [0.05, 0.1) is 0 Å². The average molecular weight is 234 g/mol. The highest BCUT2D eigenvalue weighted by Gasteiger charge is 2.49. The van der Waals surface area contributed by atoms with Gasteiger partial charge >= 0.3 is 0 Å². The molecule has 0 aromatic heterocycles. The highest BCUT2D eigenvalue weighted by Crippen LogP contribution is 2.59. The van der Waals surface area contributed by atoms with Gasteiger partial charge in [-0.3, -0.25) is 0 Å². The van der Waals surface area contributed by atoms with Gasteiger partial charge < -0.3 is 0 Å². The molecule has 0 heteroatoms. The lowest BCUT2D eigenvalue weighted by Crippen LogP contribution is -2.46. The molecule has 3 fully saturated rings. The molecule has 0 spiro atoms. The second-order valence-electron chi connectivity index (χ2n) is 8.03. The third-order valence-electron chi connectivity index (χ3n) is 6.59. The SMILES string of the molecule is CC1CCC2C(CCC3(C)CC(C)CCC23)C1. The second-order valence-corrected chi connectivity index (χ2v) is 8.03. The maximum atomic E-state index is 2.63. The monoisotopic (exact) mass is 234 g/mol. The summed E-state index contributed by atoms with van der Waals surface area (Å²) in [4.78, 5) is 0. The van der Waals surface area contributed by atoms with Crippen LogP contribution in [0.25, 0.3) is 0 Å². The van der Waals surface area contributed by atoms with Crippen molar-refractivity contribution < 1.29 is 0 Å². The molecule has 0 aromatic carbocycles. The molecular formula is C17H30. The van der Waals surface area contributed by atoms with Crippen LogP contribution in [0.2, 0.25) is 0 Å². The molecule has 0 heterocycles. The van der Waals surface area contributed by atoms with Gasteiger partial charge in [-0.1, -0.05) is 33.6 Å². The molecule has 3 aliphatic rings. The second kappa shape index (κ2) is 4.28. The van der Waals surface area contributed by atoms with Crippen molar-refractivity contribution in [2.45, 2.75) is 72.1 Å². The van der Waals surface area contributed by atoms with Crippen LogP contribution in [0.15, 0.2) is 0 Å². The van der Waals surface area contributed by atoms with Crippen LogP contribution in [0.4, 0.5) is 0 Å². The molecule has 0 bridgehead atoms. The first-order chi connectivity index (χ1) is 8.08. The predicted octanol–water partition coefficient (Wildman–Crippen LogP) is 5.28. The Hall–Kier alpha value is 0. The minimum atomic E-state index is 0.722. The van der Waals surface area contributed by atoms with Crippen molar-refractivity contribution in [3.63, 3.8) is 0 Å². The molecule has 3 rings (SSSR count). The van der Waals surface area contributed by atoms with Gasteiger partial charge in [-0.25, -0.2) is 0 Å². The molecule has 6 atom stereocenters. The Morgan fingerprint density at radius 3 is 2.47 bits per heavy atom. The van der Waals surface area contributed by atoms with Gasteiger partial charge in [0.2, 0.25) is 0 Å². The van der Waals surface area contributed by atoms with Gasteiger partial charge in [-0.15, -0.1) is 0 Å². The normalized spacial score (nSPS) is 54.9. The first-order valence-electron chi connectivity index (χ1n) is 8.08. The highest BCUT2D eigenvalue weighted by molar-refractivity contribution is 4.99. The average Bonchev–Trinajstić information content (AvgIpc) is 2.27. The van der Waals surface area contributed by atoms with Crippen LogP contribution < -0.4 is 0 Å². The summed E-state index contributed by atoms with van der Waals surface area (Å²) in [7, 11) is 0. The zero-order valence-corrected chi connectivity index (χ0v) is 12.0. The van der Waals surface area contributed by atoms with Crippen LogP contribution in [0.1, 0.15) is 72.1 Å². The Bertz CT molecular complexity index is 282. The molecule has 98 valence electrons. The van der Waals surface area contributed by atoms with Crippen molar-refractivity contribution >= 4 is 0 Å². The summed E-state index contributed by atoms with van der Waals surface area (Å²) in [6.45, 7) is 7.59. The van der Waals surface area contributed by atoms with E-state index in [0.717, 1.165) is 35.0 Å². The van der Waals surface area contributed by atoms with Crippen LogP contribution in [-0.2, 0) is 0 Å². The minimum Gasteiger partial charge on any atom is -0.0625 e. The molecule has 3 aliphatic carbocycles. The third-order valence-corrected chi connectivity index (χ3v) is 6.59. The van der Waals surface area contributed by atoms with E-state index >= 15 is 0 Å². The van der Waals surface area contributed by atoms with E-state index in [1.54, 1.807) is 25.7 Å². The van der Waals surface area contributed by atoms with Crippen molar-refractivity contribution in [2.75, 3.05) is 0 Å². The molecule has 0 amide bonds. The molecule has 0 radical (unpaired) electrons. The molecule has 17 heavy (non-hydrogen) atoms. The zero-order valence-electron chi connectivity index (χ0n) is 12.0. The van der Waals surface area contributed by atoms with Gasteiger partial charge in [-0.05, 0) is 73.5 Å². The fourth-order valence-electron chi connectivity index (χ4n) is 5.78. The molecule has 0 N–H and O–H groups in total. The number of fused-ring (bicyclic) bond motifs is 3. The molecule has 3 saturated carbocycles. The summed E-state index contributed by atoms with van der Waals surface area (Å²) in [5, 5.41) is 0. The number of rotatable bonds is 0. The lowest BCUT2D eigenvalue weighted by Gasteiger charge is -2.56. The molecular weight excluding hydrogens is 204 g/mol. The smallest absolute Gasteiger partial charge is 0.0292 e. The van der Waals surface area contributed by atoms with E-state index in [-0.39, 0.29) is 0 Å². The van der Waals surface area contributed by atoms with Gasteiger partial charge in [0.25, 0.3) is 0 Å². The Morgan fingerprint density at radius 1 is 0.882 bits per heavy atom. The lowest BCUT2D eigenvalue weighted by molar-refractivity contribution is -0.0569. The van der Waals surface area contributed by atoms with E-state index < -0.39 is 0 Å². The van der Waals surface area contributed by atoms with Gasteiger partial charge in [-0.2, -0.15) is 0 Å². The Balaban J connectivity index is 1.78. The van der Waals surface area contributed by atoms with Crippen molar-refractivity contribution in [3.8, 4) is 0 Å². The first kappa shape index (κ1) is 12.1. The van der Waals surface area contributed by atoms with Crippen LogP contribution in [0.5, 0.6) is 0 Å². The van der Waals surface area contributed by atoms with Gasteiger partial charge in [0.15, 0.2) is 0 Å². The van der Waals surface area contributed by atoms with Gasteiger partial charge in [0.1, 0.15) is 0 Å². The Labute approximate surface area is 108 Å². The number of hydrogen-bond donors (Lipinski definition) is 0. The summed E-state index contributed by atoms with van der Waals surface area (Å²) >= 11 is 0. The number of hydrogen-bond acceptors (Lipinski definition) is 0. The molecule has 0 saturated heterocycles. The van der Waals surface area contributed by atoms with Crippen LogP contribution >= 0.6 is 0 Å². The van der Waals surface area contributed by atoms with Crippen molar-refractivity contribution in [1.82, 2.24) is 0 Å². The zero-order chi connectivity index (χ0) is 12.0. The fourth-order valence-corrected chi connectivity index (χ4v) is 5.78. The first-order valence-corrected chi connectivity index (χ1v) is 8.08. The van der Waals surface area contributed by atoms with Crippen LogP contribution in [-0.4, -0.2) is 0 Å². The molecule has 6 unspecified atom stereocenters.